The van der Waals surface area contributed by atoms with Gasteiger partial charge in [-0.2, -0.15) is 5.26 Å². The lowest BCUT2D eigenvalue weighted by molar-refractivity contribution is 0.340. The molecular weight excluding hydrogens is 234 g/mol. The van der Waals surface area contributed by atoms with Crippen LogP contribution in [0.15, 0.2) is 54.6 Å². The van der Waals surface area contributed by atoms with Gasteiger partial charge in [0.05, 0.1) is 18.2 Å². The Morgan fingerprint density at radius 3 is 2.37 bits per heavy atom. The van der Waals surface area contributed by atoms with Crippen LogP contribution < -0.4 is 4.74 Å². The van der Waals surface area contributed by atoms with Crippen molar-refractivity contribution < 1.29 is 4.74 Å². The highest BCUT2D eigenvalue weighted by atomic mass is 16.5. The first-order valence-corrected chi connectivity index (χ1v) is 6.23. The Hall–Kier alpha value is -2.53. The van der Waals surface area contributed by atoms with Crippen molar-refractivity contribution in [1.29, 1.82) is 5.26 Å². The van der Waals surface area contributed by atoms with Crippen LogP contribution in [0.5, 0.6) is 5.75 Å². The third kappa shape index (κ3) is 3.46. The van der Waals surface area contributed by atoms with Gasteiger partial charge in [0, 0.05) is 0 Å². The predicted molar refractivity (Wildman–Crippen MR) is 77.5 cm³/mol. The van der Waals surface area contributed by atoms with Crippen LogP contribution in [-0.2, 0) is 0 Å². The minimum atomic E-state index is 0.643. The summed E-state index contributed by atoms with van der Waals surface area (Å²) in [4.78, 5) is 0. The van der Waals surface area contributed by atoms with Crippen LogP contribution in [0.3, 0.4) is 0 Å². The van der Waals surface area contributed by atoms with Gasteiger partial charge in [-0.05, 0) is 48.4 Å². The van der Waals surface area contributed by atoms with E-state index in [4.69, 9.17) is 4.74 Å². The van der Waals surface area contributed by atoms with E-state index >= 15 is 0 Å². The minimum absolute atomic E-state index is 0.643. The SMILES string of the molecule is CCOc1ccc(/C(C#N)=C/c2ccccc2)cc1. The summed E-state index contributed by atoms with van der Waals surface area (Å²) in [5.74, 6) is 0.822. The van der Waals surface area contributed by atoms with Crippen molar-refractivity contribution in [2.75, 3.05) is 6.61 Å². The Balaban J connectivity index is 2.28. The number of benzene rings is 2. The van der Waals surface area contributed by atoms with E-state index in [1.54, 1.807) is 0 Å². The van der Waals surface area contributed by atoms with Crippen molar-refractivity contribution in [3.63, 3.8) is 0 Å². The van der Waals surface area contributed by atoms with E-state index in [9.17, 15) is 5.26 Å². The van der Waals surface area contributed by atoms with Crippen molar-refractivity contribution >= 4 is 11.6 Å². The first kappa shape index (κ1) is 12.9. The van der Waals surface area contributed by atoms with Gasteiger partial charge in [-0.25, -0.2) is 0 Å². The standard InChI is InChI=1S/C17H15NO/c1-2-19-17-10-8-15(9-11-17)16(13-18)12-14-6-4-3-5-7-14/h3-12H,2H2,1H3/b16-12+. The lowest BCUT2D eigenvalue weighted by atomic mass is 10.0. The first-order valence-electron chi connectivity index (χ1n) is 6.23. The number of hydrogen-bond donors (Lipinski definition) is 0. The number of hydrogen-bond acceptors (Lipinski definition) is 2. The molecule has 2 aromatic rings. The largest absolute Gasteiger partial charge is 0.494 e. The fourth-order valence-corrected chi connectivity index (χ4v) is 1.79. The summed E-state index contributed by atoms with van der Waals surface area (Å²) in [6, 6.07) is 19.6. The van der Waals surface area contributed by atoms with Gasteiger partial charge in [-0.15, -0.1) is 0 Å². The highest BCUT2D eigenvalue weighted by Crippen LogP contribution is 2.20. The van der Waals surface area contributed by atoms with Crippen molar-refractivity contribution in [3.8, 4) is 11.8 Å². The molecule has 0 aliphatic carbocycles. The number of rotatable bonds is 4. The molecule has 0 bridgehead atoms. The minimum Gasteiger partial charge on any atom is -0.494 e. The van der Waals surface area contributed by atoms with E-state index in [0.717, 1.165) is 16.9 Å². The molecule has 0 N–H and O–H groups in total. The zero-order chi connectivity index (χ0) is 13.5. The van der Waals surface area contributed by atoms with Crippen molar-refractivity contribution in [2.45, 2.75) is 6.92 Å². The van der Waals surface area contributed by atoms with Gasteiger partial charge in [-0.3, -0.25) is 0 Å². The van der Waals surface area contributed by atoms with Crippen LogP contribution in [-0.4, -0.2) is 6.61 Å². The molecule has 0 fully saturated rings. The maximum Gasteiger partial charge on any atom is 0.119 e. The van der Waals surface area contributed by atoms with Crippen LogP contribution in [0.25, 0.3) is 11.6 Å². The molecule has 2 nitrogen and oxygen atoms in total. The second-order valence-electron chi connectivity index (χ2n) is 4.04. The zero-order valence-electron chi connectivity index (χ0n) is 10.8. The Labute approximate surface area is 113 Å². The molecule has 2 rings (SSSR count). The Kier molecular flexibility index (Phi) is 4.36. The van der Waals surface area contributed by atoms with Gasteiger partial charge >= 0.3 is 0 Å². The van der Waals surface area contributed by atoms with E-state index in [1.165, 1.54) is 0 Å². The van der Waals surface area contributed by atoms with Crippen LogP contribution >= 0.6 is 0 Å². The van der Waals surface area contributed by atoms with E-state index in [1.807, 2.05) is 67.6 Å². The molecule has 0 aliphatic heterocycles. The lowest BCUT2D eigenvalue weighted by Crippen LogP contribution is -1.91. The van der Waals surface area contributed by atoms with Gasteiger partial charge in [0.15, 0.2) is 0 Å². The average molecular weight is 249 g/mol. The molecule has 0 spiro atoms. The van der Waals surface area contributed by atoms with Gasteiger partial charge in [0.25, 0.3) is 0 Å². The Bertz CT molecular complexity index is 591. The summed E-state index contributed by atoms with van der Waals surface area (Å²) in [5.41, 5.74) is 2.57. The highest BCUT2D eigenvalue weighted by Gasteiger charge is 2.01. The Morgan fingerprint density at radius 2 is 1.79 bits per heavy atom. The predicted octanol–water partition coefficient (Wildman–Crippen LogP) is 4.15. The summed E-state index contributed by atoms with van der Waals surface area (Å²) in [7, 11) is 0. The smallest absolute Gasteiger partial charge is 0.119 e. The van der Waals surface area contributed by atoms with Crippen LogP contribution in [0.1, 0.15) is 18.1 Å². The Morgan fingerprint density at radius 1 is 1.11 bits per heavy atom. The normalized spacial score (nSPS) is 10.8. The zero-order valence-corrected chi connectivity index (χ0v) is 10.8. The molecule has 0 aliphatic rings. The maximum atomic E-state index is 9.26. The summed E-state index contributed by atoms with van der Waals surface area (Å²) in [5, 5.41) is 9.26. The number of nitriles is 1. The van der Waals surface area contributed by atoms with Crippen molar-refractivity contribution in [2.24, 2.45) is 0 Å². The molecule has 0 heterocycles. The topological polar surface area (TPSA) is 33.0 Å². The number of ether oxygens (including phenoxy) is 1. The van der Waals surface area contributed by atoms with Crippen molar-refractivity contribution in [1.82, 2.24) is 0 Å². The molecule has 2 heteroatoms. The monoisotopic (exact) mass is 249 g/mol. The summed E-state index contributed by atoms with van der Waals surface area (Å²) in [6.45, 7) is 2.59. The van der Waals surface area contributed by atoms with Gasteiger partial charge in [0.2, 0.25) is 0 Å². The fourth-order valence-electron chi connectivity index (χ4n) is 1.79. The maximum absolute atomic E-state index is 9.26. The van der Waals surface area contributed by atoms with E-state index in [2.05, 4.69) is 6.07 Å². The number of allylic oxidation sites excluding steroid dienone is 1. The molecule has 94 valence electrons. The van der Waals surface area contributed by atoms with Crippen LogP contribution in [0.2, 0.25) is 0 Å². The quantitative estimate of drug-likeness (QED) is 0.602. The van der Waals surface area contributed by atoms with Crippen LogP contribution in [0, 0.1) is 11.3 Å². The lowest BCUT2D eigenvalue weighted by Gasteiger charge is -2.04. The molecule has 0 radical (unpaired) electrons. The summed E-state index contributed by atoms with van der Waals surface area (Å²) in [6.07, 6.45) is 1.88. The molecule has 0 saturated heterocycles. The molecule has 19 heavy (non-hydrogen) atoms. The van der Waals surface area contributed by atoms with E-state index in [-0.39, 0.29) is 0 Å². The summed E-state index contributed by atoms with van der Waals surface area (Å²) >= 11 is 0. The van der Waals surface area contributed by atoms with Gasteiger partial charge in [-0.1, -0.05) is 30.3 Å². The second-order valence-corrected chi connectivity index (χ2v) is 4.04. The molecule has 2 aromatic carbocycles. The second kappa shape index (κ2) is 6.42. The fraction of sp³-hybridized carbons (Fsp3) is 0.118. The molecule has 0 unspecified atom stereocenters. The first-order chi connectivity index (χ1) is 9.33. The molecule has 0 aromatic heterocycles. The summed E-state index contributed by atoms with van der Waals surface area (Å²) < 4.78 is 5.39. The molecule has 0 atom stereocenters. The van der Waals surface area contributed by atoms with E-state index in [0.29, 0.717) is 12.2 Å². The average Bonchev–Trinajstić information content (AvgIpc) is 2.47. The van der Waals surface area contributed by atoms with Crippen molar-refractivity contribution in [3.05, 3.63) is 65.7 Å². The molecule has 0 amide bonds. The van der Waals surface area contributed by atoms with Gasteiger partial charge in [0.1, 0.15) is 5.75 Å². The molecular formula is C17H15NO. The van der Waals surface area contributed by atoms with Crippen LogP contribution in [0.4, 0.5) is 0 Å². The van der Waals surface area contributed by atoms with E-state index < -0.39 is 0 Å². The molecule has 0 saturated carbocycles. The third-order valence-corrected chi connectivity index (χ3v) is 2.71. The number of nitrogens with zero attached hydrogens (tertiary/aromatic N) is 1. The highest BCUT2D eigenvalue weighted by molar-refractivity contribution is 5.89. The third-order valence-electron chi connectivity index (χ3n) is 2.71. The van der Waals surface area contributed by atoms with Gasteiger partial charge < -0.3 is 4.74 Å².